The Hall–Kier alpha value is -0.0900. The van der Waals surface area contributed by atoms with Crippen LogP contribution in [0.15, 0.2) is 0 Å². The van der Waals surface area contributed by atoms with Crippen LogP contribution in [0.1, 0.15) is 13.8 Å². The van der Waals surface area contributed by atoms with Crippen LogP contribution in [0.5, 0.6) is 0 Å². The first kappa shape index (κ1) is 5.91. The zero-order valence-corrected chi connectivity index (χ0v) is 4.92. The first-order valence-corrected chi connectivity index (χ1v) is 2.39. The highest BCUT2D eigenvalue weighted by molar-refractivity contribution is 7.81. The van der Waals surface area contributed by atoms with E-state index in [-0.39, 0.29) is 5.25 Å². The smallest absolute Gasteiger partial charge is 0.0598 e. The van der Waals surface area contributed by atoms with Gasteiger partial charge in [-0.3, -0.25) is 0 Å². The van der Waals surface area contributed by atoms with E-state index in [0.29, 0.717) is 0 Å². The van der Waals surface area contributed by atoms with Crippen molar-refractivity contribution in [1.29, 1.82) is 0 Å². The molecule has 1 unspecified atom stereocenters. The van der Waals surface area contributed by atoms with Crippen LogP contribution in [-0.2, 0) is 0 Å². The van der Waals surface area contributed by atoms with Gasteiger partial charge in [0.05, 0.1) is 5.25 Å². The Morgan fingerprint density at radius 2 is 2.17 bits per heavy atom. The minimum absolute atomic E-state index is 0.231. The van der Waals surface area contributed by atoms with Gasteiger partial charge in [0.2, 0.25) is 0 Å². The van der Waals surface area contributed by atoms with Crippen molar-refractivity contribution in [3.63, 3.8) is 0 Å². The molecule has 0 fully saturated rings. The van der Waals surface area contributed by atoms with E-state index in [0.717, 1.165) is 0 Å². The molecule has 0 heterocycles. The normalized spacial score (nSPS) is 11.8. The van der Waals surface area contributed by atoms with Crippen molar-refractivity contribution in [1.82, 2.24) is 0 Å². The molecule has 0 spiro atoms. The molecule has 0 aromatic carbocycles. The van der Waals surface area contributed by atoms with E-state index < -0.39 is 0 Å². The van der Waals surface area contributed by atoms with E-state index >= 15 is 0 Å². The molecule has 34 valence electrons. The Bertz CT molecular complexity index is 73.7. The molecule has 0 N–H and O–H groups in total. The number of hydrogen-bond donors (Lipinski definition) is 1. The zero-order valence-electron chi connectivity index (χ0n) is 4.02. The minimum Gasteiger partial charge on any atom is -0.163 e. The summed E-state index contributed by atoms with van der Waals surface area (Å²) >= 11 is 4.00. The fraction of sp³-hybridized carbons (Fsp3) is 0.600. The Kier molecular flexibility index (Phi) is 3.07. The molecular weight excluding hydrogens is 92.1 g/mol. The van der Waals surface area contributed by atoms with E-state index in [9.17, 15) is 0 Å². The van der Waals surface area contributed by atoms with Crippen molar-refractivity contribution < 1.29 is 0 Å². The molecule has 0 aromatic rings. The Labute approximate surface area is 44.4 Å². The summed E-state index contributed by atoms with van der Waals surface area (Å²) in [6, 6.07) is 0. The maximum absolute atomic E-state index is 4.00. The van der Waals surface area contributed by atoms with E-state index in [1.165, 1.54) is 0 Å². The van der Waals surface area contributed by atoms with E-state index in [4.69, 9.17) is 0 Å². The lowest BCUT2D eigenvalue weighted by molar-refractivity contribution is 1.31. The monoisotopic (exact) mass is 100 g/mol. The number of rotatable bonds is 0. The van der Waals surface area contributed by atoms with E-state index in [2.05, 4.69) is 24.5 Å². The number of hydrogen-bond acceptors (Lipinski definition) is 1. The average Bonchev–Trinajstić information content (AvgIpc) is 1.35. The Morgan fingerprint density at radius 1 is 1.67 bits per heavy atom. The standard InChI is InChI=1S/C5H8S/c1-3-4-5(2)6/h5-6H,1-2H3. The zero-order chi connectivity index (χ0) is 4.99. The van der Waals surface area contributed by atoms with Gasteiger partial charge in [0, 0.05) is 0 Å². The summed E-state index contributed by atoms with van der Waals surface area (Å²) in [6.45, 7) is 3.76. The molecule has 1 heteroatoms. The average molecular weight is 100 g/mol. The molecule has 0 aliphatic rings. The minimum atomic E-state index is 0.231. The first-order valence-electron chi connectivity index (χ1n) is 1.87. The summed E-state index contributed by atoms with van der Waals surface area (Å²) in [5.74, 6) is 5.56. The van der Waals surface area contributed by atoms with Crippen LogP contribution in [0.25, 0.3) is 0 Å². The Balaban J connectivity index is 3.20. The van der Waals surface area contributed by atoms with Crippen molar-refractivity contribution in [2.45, 2.75) is 19.1 Å². The second-order valence-electron chi connectivity index (χ2n) is 1.07. The fourth-order valence-corrected chi connectivity index (χ4v) is 0.338. The fourth-order valence-electron chi connectivity index (χ4n) is 0.209. The summed E-state index contributed by atoms with van der Waals surface area (Å²) < 4.78 is 0. The van der Waals surface area contributed by atoms with Gasteiger partial charge >= 0.3 is 0 Å². The van der Waals surface area contributed by atoms with Crippen molar-refractivity contribution >= 4 is 12.6 Å². The number of thiol groups is 1. The summed E-state index contributed by atoms with van der Waals surface area (Å²) in [4.78, 5) is 0. The molecule has 0 aliphatic carbocycles. The third-order valence-electron chi connectivity index (χ3n) is 0.353. The van der Waals surface area contributed by atoms with Crippen LogP contribution in [-0.4, -0.2) is 5.25 Å². The molecule has 0 amide bonds. The molecule has 0 saturated carbocycles. The predicted molar refractivity (Wildman–Crippen MR) is 31.9 cm³/mol. The lowest BCUT2D eigenvalue weighted by atomic mass is 10.5. The molecule has 0 nitrogen and oxygen atoms in total. The Morgan fingerprint density at radius 3 is 2.17 bits per heavy atom. The van der Waals surface area contributed by atoms with Crippen molar-refractivity contribution in [3.05, 3.63) is 0 Å². The topological polar surface area (TPSA) is 0 Å². The van der Waals surface area contributed by atoms with Crippen molar-refractivity contribution in [3.8, 4) is 11.8 Å². The second kappa shape index (κ2) is 3.11. The first-order chi connectivity index (χ1) is 2.77. The predicted octanol–water partition coefficient (Wildman–Crippen LogP) is 1.33. The third-order valence-corrected chi connectivity index (χ3v) is 0.482. The lowest BCUT2D eigenvalue weighted by Crippen LogP contribution is -1.79. The van der Waals surface area contributed by atoms with E-state index in [1.54, 1.807) is 0 Å². The molecule has 0 aromatic heterocycles. The van der Waals surface area contributed by atoms with Gasteiger partial charge in [0.1, 0.15) is 0 Å². The highest BCUT2D eigenvalue weighted by atomic mass is 32.1. The molecule has 0 aliphatic heterocycles. The highest BCUT2D eigenvalue weighted by Gasteiger charge is 1.76. The second-order valence-corrected chi connectivity index (χ2v) is 1.84. The molecule has 6 heavy (non-hydrogen) atoms. The molecule has 0 bridgehead atoms. The van der Waals surface area contributed by atoms with Crippen LogP contribution >= 0.6 is 12.6 Å². The van der Waals surface area contributed by atoms with Gasteiger partial charge in [-0.2, -0.15) is 12.6 Å². The van der Waals surface area contributed by atoms with Crippen LogP contribution in [0.2, 0.25) is 0 Å². The quantitative estimate of drug-likeness (QED) is 0.344. The van der Waals surface area contributed by atoms with Crippen molar-refractivity contribution in [2.24, 2.45) is 0 Å². The van der Waals surface area contributed by atoms with Crippen LogP contribution in [0.3, 0.4) is 0 Å². The van der Waals surface area contributed by atoms with Crippen molar-refractivity contribution in [2.75, 3.05) is 0 Å². The molecule has 1 atom stereocenters. The van der Waals surface area contributed by atoms with Gasteiger partial charge in [0.15, 0.2) is 0 Å². The van der Waals surface area contributed by atoms with Gasteiger partial charge in [-0.1, -0.05) is 5.92 Å². The van der Waals surface area contributed by atoms with Crippen LogP contribution in [0.4, 0.5) is 0 Å². The molecule has 0 rings (SSSR count). The maximum Gasteiger partial charge on any atom is 0.0598 e. The molecular formula is C5H8S. The van der Waals surface area contributed by atoms with E-state index in [1.807, 2.05) is 13.8 Å². The molecule has 0 saturated heterocycles. The van der Waals surface area contributed by atoms with Gasteiger partial charge in [-0.05, 0) is 13.8 Å². The van der Waals surface area contributed by atoms with Gasteiger partial charge < -0.3 is 0 Å². The largest absolute Gasteiger partial charge is 0.163 e. The SMILES string of the molecule is CC#CC(C)S. The molecule has 0 radical (unpaired) electrons. The van der Waals surface area contributed by atoms with Crippen LogP contribution in [0, 0.1) is 11.8 Å². The summed E-state index contributed by atoms with van der Waals surface area (Å²) in [6.07, 6.45) is 0. The maximum atomic E-state index is 4.00. The van der Waals surface area contributed by atoms with Gasteiger partial charge in [0.25, 0.3) is 0 Å². The third kappa shape index (κ3) is 3.91. The summed E-state index contributed by atoms with van der Waals surface area (Å²) in [5.41, 5.74) is 0. The van der Waals surface area contributed by atoms with Gasteiger partial charge in [-0.15, -0.1) is 5.92 Å². The highest BCUT2D eigenvalue weighted by Crippen LogP contribution is 1.85. The van der Waals surface area contributed by atoms with Crippen LogP contribution < -0.4 is 0 Å². The lowest BCUT2D eigenvalue weighted by Gasteiger charge is -1.81. The summed E-state index contributed by atoms with van der Waals surface area (Å²) in [7, 11) is 0. The summed E-state index contributed by atoms with van der Waals surface area (Å²) in [5, 5.41) is 0.231. The van der Waals surface area contributed by atoms with Gasteiger partial charge in [-0.25, -0.2) is 0 Å².